The second-order valence-corrected chi connectivity index (χ2v) is 6.26. The van der Waals surface area contributed by atoms with Gasteiger partial charge >= 0.3 is 0 Å². The average Bonchev–Trinajstić information content (AvgIpc) is 3.24. The molecule has 1 atom stereocenters. The van der Waals surface area contributed by atoms with Crippen LogP contribution in [0.15, 0.2) is 35.7 Å². The molecular weight excluding hydrogens is 266 g/mol. The predicted octanol–water partition coefficient (Wildman–Crippen LogP) is 3.24. The molecule has 1 aliphatic carbocycles. The molecule has 1 fully saturated rings. The van der Waals surface area contributed by atoms with E-state index in [0.717, 1.165) is 17.6 Å². The first-order valence-electron chi connectivity index (χ1n) is 7.17. The Morgan fingerprint density at radius 1 is 1.35 bits per heavy atom. The number of anilines is 1. The maximum absolute atomic E-state index is 4.79. The van der Waals surface area contributed by atoms with Crippen LogP contribution in [0.3, 0.4) is 0 Å². The normalized spacial score (nSPS) is 16.1. The number of aromatic nitrogens is 1. The van der Waals surface area contributed by atoms with Crippen molar-refractivity contribution in [1.82, 2.24) is 10.3 Å². The minimum atomic E-state index is 0.331. The zero-order valence-electron chi connectivity index (χ0n) is 12.0. The number of likely N-dealkylation sites (N-methyl/N-ethyl adjacent to an activating group) is 1. The predicted molar refractivity (Wildman–Crippen MR) is 85.5 cm³/mol. The third-order valence-corrected chi connectivity index (χ3v) is 4.88. The summed E-state index contributed by atoms with van der Waals surface area (Å²) in [4.78, 5) is 7.11. The van der Waals surface area contributed by atoms with Crippen LogP contribution >= 0.6 is 11.3 Å². The molecule has 1 heterocycles. The lowest BCUT2D eigenvalue weighted by atomic mass is 10.0. The van der Waals surface area contributed by atoms with E-state index in [4.69, 9.17) is 4.98 Å². The van der Waals surface area contributed by atoms with E-state index in [0.29, 0.717) is 6.04 Å². The van der Waals surface area contributed by atoms with Gasteiger partial charge in [-0.25, -0.2) is 4.98 Å². The average molecular weight is 287 g/mol. The van der Waals surface area contributed by atoms with Gasteiger partial charge in [0.25, 0.3) is 0 Å². The summed E-state index contributed by atoms with van der Waals surface area (Å²) >= 11 is 1.76. The summed E-state index contributed by atoms with van der Waals surface area (Å²) in [5.41, 5.74) is 2.50. The molecule has 1 aliphatic rings. The van der Waals surface area contributed by atoms with E-state index in [1.54, 1.807) is 11.3 Å². The number of benzene rings is 1. The molecule has 1 N–H and O–H groups in total. The lowest BCUT2D eigenvalue weighted by Crippen LogP contribution is -2.20. The van der Waals surface area contributed by atoms with Gasteiger partial charge in [0.05, 0.1) is 5.69 Å². The van der Waals surface area contributed by atoms with Crippen LogP contribution in [0, 0.1) is 0 Å². The maximum Gasteiger partial charge on any atom is 0.185 e. The molecule has 4 heteroatoms. The summed E-state index contributed by atoms with van der Waals surface area (Å²) in [6.45, 7) is 0. The molecule has 0 bridgehead atoms. The van der Waals surface area contributed by atoms with Crippen LogP contribution in [-0.2, 0) is 6.42 Å². The van der Waals surface area contributed by atoms with E-state index >= 15 is 0 Å². The van der Waals surface area contributed by atoms with E-state index in [2.05, 4.69) is 53.0 Å². The zero-order chi connectivity index (χ0) is 13.9. The summed E-state index contributed by atoms with van der Waals surface area (Å²) in [6, 6.07) is 11.6. The van der Waals surface area contributed by atoms with Crippen LogP contribution in [0.4, 0.5) is 5.13 Å². The number of rotatable bonds is 6. The number of hydrogen-bond acceptors (Lipinski definition) is 4. The molecule has 0 aliphatic heterocycles. The number of nitrogens with zero attached hydrogens (tertiary/aromatic N) is 2. The highest BCUT2D eigenvalue weighted by molar-refractivity contribution is 7.13. The Morgan fingerprint density at radius 3 is 2.75 bits per heavy atom. The molecule has 1 saturated carbocycles. The first kappa shape index (κ1) is 13.6. The molecule has 0 spiro atoms. The van der Waals surface area contributed by atoms with Crippen LogP contribution in [0.2, 0.25) is 0 Å². The van der Waals surface area contributed by atoms with E-state index < -0.39 is 0 Å². The summed E-state index contributed by atoms with van der Waals surface area (Å²) in [5, 5.41) is 6.75. The fraction of sp³-hybridized carbons (Fsp3) is 0.438. The SMILES string of the molecule is CNC(Cc1csc(N(C)C2CC2)n1)c1ccccc1. The van der Waals surface area contributed by atoms with Crippen LogP contribution in [0.1, 0.15) is 30.1 Å². The van der Waals surface area contributed by atoms with Crippen molar-refractivity contribution in [3.8, 4) is 0 Å². The second-order valence-electron chi connectivity index (χ2n) is 5.42. The standard InChI is InChI=1S/C16H21N3S/c1-17-15(12-6-4-3-5-7-12)10-13-11-20-16(18-13)19(2)14-8-9-14/h3-7,11,14-15,17H,8-10H2,1-2H3. The Morgan fingerprint density at radius 2 is 2.10 bits per heavy atom. The first-order chi connectivity index (χ1) is 9.78. The van der Waals surface area contributed by atoms with Crippen molar-refractivity contribution in [2.75, 3.05) is 19.0 Å². The van der Waals surface area contributed by atoms with E-state index in [1.807, 2.05) is 7.05 Å². The molecule has 0 amide bonds. The largest absolute Gasteiger partial charge is 0.348 e. The summed E-state index contributed by atoms with van der Waals surface area (Å²) < 4.78 is 0. The third-order valence-electron chi connectivity index (χ3n) is 3.90. The molecular formula is C16H21N3S. The van der Waals surface area contributed by atoms with Crippen molar-refractivity contribution in [2.45, 2.75) is 31.3 Å². The molecule has 1 unspecified atom stereocenters. The monoisotopic (exact) mass is 287 g/mol. The lowest BCUT2D eigenvalue weighted by Gasteiger charge is -2.16. The highest BCUT2D eigenvalue weighted by Gasteiger charge is 2.28. The number of hydrogen-bond donors (Lipinski definition) is 1. The van der Waals surface area contributed by atoms with Crippen molar-refractivity contribution in [2.24, 2.45) is 0 Å². The number of nitrogens with one attached hydrogen (secondary N) is 1. The van der Waals surface area contributed by atoms with Crippen LogP contribution in [-0.4, -0.2) is 25.1 Å². The molecule has 1 aromatic heterocycles. The molecule has 3 nitrogen and oxygen atoms in total. The smallest absolute Gasteiger partial charge is 0.185 e. The number of thiazole rings is 1. The lowest BCUT2D eigenvalue weighted by molar-refractivity contribution is 0.586. The Labute approximate surface area is 124 Å². The van der Waals surface area contributed by atoms with E-state index in [-0.39, 0.29) is 0 Å². The molecule has 106 valence electrons. The molecule has 2 aromatic rings. The van der Waals surface area contributed by atoms with Gasteiger partial charge in [-0.1, -0.05) is 30.3 Å². The first-order valence-corrected chi connectivity index (χ1v) is 8.05. The topological polar surface area (TPSA) is 28.2 Å². The maximum atomic E-state index is 4.79. The second kappa shape index (κ2) is 5.94. The van der Waals surface area contributed by atoms with Crippen molar-refractivity contribution >= 4 is 16.5 Å². The Kier molecular flexibility index (Phi) is 4.03. The van der Waals surface area contributed by atoms with Gasteiger partial charge in [-0.3, -0.25) is 0 Å². The van der Waals surface area contributed by atoms with Gasteiger partial charge in [0.2, 0.25) is 0 Å². The van der Waals surface area contributed by atoms with Gasteiger partial charge in [-0.05, 0) is 25.5 Å². The van der Waals surface area contributed by atoms with Crippen molar-refractivity contribution in [3.05, 3.63) is 47.0 Å². The van der Waals surface area contributed by atoms with Gasteiger partial charge in [-0.15, -0.1) is 11.3 Å². The third kappa shape index (κ3) is 3.02. The van der Waals surface area contributed by atoms with Gasteiger partial charge in [0.1, 0.15) is 0 Å². The fourth-order valence-corrected chi connectivity index (χ4v) is 3.33. The molecule has 0 saturated heterocycles. The van der Waals surface area contributed by atoms with E-state index in [1.165, 1.54) is 24.1 Å². The minimum absolute atomic E-state index is 0.331. The van der Waals surface area contributed by atoms with Crippen molar-refractivity contribution in [1.29, 1.82) is 0 Å². The van der Waals surface area contributed by atoms with Crippen molar-refractivity contribution < 1.29 is 0 Å². The van der Waals surface area contributed by atoms with E-state index in [9.17, 15) is 0 Å². The summed E-state index contributed by atoms with van der Waals surface area (Å²) in [7, 11) is 4.17. The summed E-state index contributed by atoms with van der Waals surface area (Å²) in [6.07, 6.45) is 3.57. The van der Waals surface area contributed by atoms with Crippen LogP contribution in [0.5, 0.6) is 0 Å². The quantitative estimate of drug-likeness (QED) is 0.884. The molecule has 1 aromatic carbocycles. The van der Waals surface area contributed by atoms with Gasteiger partial charge in [0, 0.05) is 30.9 Å². The Hall–Kier alpha value is -1.39. The molecule has 3 rings (SSSR count). The summed E-state index contributed by atoms with van der Waals surface area (Å²) in [5.74, 6) is 0. The van der Waals surface area contributed by atoms with Gasteiger partial charge in [0.15, 0.2) is 5.13 Å². The van der Waals surface area contributed by atoms with Crippen LogP contribution in [0.25, 0.3) is 0 Å². The zero-order valence-corrected chi connectivity index (χ0v) is 12.9. The van der Waals surface area contributed by atoms with Gasteiger partial charge in [-0.2, -0.15) is 0 Å². The Bertz CT molecular complexity index is 548. The molecule has 0 radical (unpaired) electrons. The van der Waals surface area contributed by atoms with Gasteiger partial charge < -0.3 is 10.2 Å². The van der Waals surface area contributed by atoms with Crippen molar-refractivity contribution in [3.63, 3.8) is 0 Å². The molecule has 20 heavy (non-hydrogen) atoms. The van der Waals surface area contributed by atoms with Crippen LogP contribution < -0.4 is 10.2 Å². The minimum Gasteiger partial charge on any atom is -0.348 e. The highest BCUT2D eigenvalue weighted by Crippen LogP contribution is 2.32. The Balaban J connectivity index is 1.70. The fourth-order valence-electron chi connectivity index (χ4n) is 2.45. The highest BCUT2D eigenvalue weighted by atomic mass is 32.1.